The second-order valence-corrected chi connectivity index (χ2v) is 3.23. The van der Waals surface area contributed by atoms with Gasteiger partial charge < -0.3 is 9.84 Å². The molecule has 14 heavy (non-hydrogen) atoms. The predicted octanol–water partition coefficient (Wildman–Crippen LogP) is 0.604. The second-order valence-electron chi connectivity index (χ2n) is 3.23. The molecule has 0 amide bonds. The number of fused-ring (bicyclic) bond motifs is 1. The highest BCUT2D eigenvalue weighted by Crippen LogP contribution is 2.31. The molecule has 1 unspecified atom stereocenters. The van der Waals surface area contributed by atoms with E-state index < -0.39 is 6.79 Å². The number of pyridine rings is 1. The van der Waals surface area contributed by atoms with E-state index in [0.717, 1.165) is 24.1 Å². The van der Waals surface area contributed by atoms with Crippen molar-refractivity contribution in [1.82, 2.24) is 4.98 Å². The van der Waals surface area contributed by atoms with Crippen LogP contribution in [0.2, 0.25) is 0 Å². The molecule has 1 heterocycles. The van der Waals surface area contributed by atoms with Crippen LogP contribution >= 0.6 is 0 Å². The molecule has 0 saturated heterocycles. The molecule has 1 aliphatic carbocycles. The molecule has 0 aromatic carbocycles. The van der Waals surface area contributed by atoms with Crippen molar-refractivity contribution in [2.75, 3.05) is 6.79 Å². The summed E-state index contributed by atoms with van der Waals surface area (Å²) in [5.41, 5.74) is 1.90. The number of carbonyl (C=O) groups excluding carboxylic acids is 1. The molecule has 2 rings (SSSR count). The minimum Gasteiger partial charge on any atom is -0.438 e. The van der Waals surface area contributed by atoms with Gasteiger partial charge in [0.05, 0.1) is 11.6 Å². The van der Waals surface area contributed by atoms with Crippen LogP contribution in [0, 0.1) is 0 Å². The summed E-state index contributed by atoms with van der Waals surface area (Å²) in [5, 5.41) is 8.48. The van der Waals surface area contributed by atoms with Crippen LogP contribution in [0.25, 0.3) is 0 Å². The summed E-state index contributed by atoms with van der Waals surface area (Å²) in [4.78, 5) is 15.5. The SMILES string of the molecule is O=C(OCO)C1CCc2cccnc21. The zero-order valence-corrected chi connectivity index (χ0v) is 7.64. The minimum absolute atomic E-state index is 0.293. The summed E-state index contributed by atoms with van der Waals surface area (Å²) >= 11 is 0. The van der Waals surface area contributed by atoms with Crippen LogP contribution in [0.3, 0.4) is 0 Å². The highest BCUT2D eigenvalue weighted by Gasteiger charge is 2.30. The van der Waals surface area contributed by atoms with Gasteiger partial charge in [-0.2, -0.15) is 0 Å². The van der Waals surface area contributed by atoms with E-state index in [9.17, 15) is 4.79 Å². The third-order valence-electron chi connectivity index (χ3n) is 2.45. The first-order chi connectivity index (χ1) is 6.83. The van der Waals surface area contributed by atoms with Crippen LogP contribution in [0.5, 0.6) is 0 Å². The summed E-state index contributed by atoms with van der Waals surface area (Å²) in [5.74, 6) is -0.678. The highest BCUT2D eigenvalue weighted by molar-refractivity contribution is 5.78. The van der Waals surface area contributed by atoms with Crippen LogP contribution in [0.4, 0.5) is 0 Å². The monoisotopic (exact) mass is 193 g/mol. The maximum absolute atomic E-state index is 11.4. The topological polar surface area (TPSA) is 59.4 Å². The largest absolute Gasteiger partial charge is 0.438 e. The van der Waals surface area contributed by atoms with E-state index in [1.807, 2.05) is 12.1 Å². The Morgan fingerprint density at radius 2 is 2.57 bits per heavy atom. The quantitative estimate of drug-likeness (QED) is 0.552. The molecule has 0 bridgehead atoms. The molecular formula is C10H11NO3. The Hall–Kier alpha value is -1.42. The molecule has 1 N–H and O–H groups in total. The van der Waals surface area contributed by atoms with Gasteiger partial charge in [-0.05, 0) is 24.5 Å². The van der Waals surface area contributed by atoms with Crippen molar-refractivity contribution < 1.29 is 14.6 Å². The fraction of sp³-hybridized carbons (Fsp3) is 0.400. The van der Waals surface area contributed by atoms with E-state index in [2.05, 4.69) is 9.72 Å². The van der Waals surface area contributed by atoms with E-state index in [4.69, 9.17) is 5.11 Å². The lowest BCUT2D eigenvalue weighted by Gasteiger charge is -2.08. The predicted molar refractivity (Wildman–Crippen MR) is 48.5 cm³/mol. The number of aliphatic hydroxyl groups excluding tert-OH is 1. The van der Waals surface area contributed by atoms with Gasteiger partial charge in [0.15, 0.2) is 6.79 Å². The van der Waals surface area contributed by atoms with E-state index in [1.165, 1.54) is 0 Å². The Bertz CT molecular complexity index is 351. The lowest BCUT2D eigenvalue weighted by Crippen LogP contribution is -2.15. The van der Waals surface area contributed by atoms with Gasteiger partial charge in [-0.1, -0.05) is 6.07 Å². The smallest absolute Gasteiger partial charge is 0.317 e. The fourth-order valence-electron chi connectivity index (χ4n) is 1.81. The molecular weight excluding hydrogens is 182 g/mol. The summed E-state index contributed by atoms with van der Waals surface area (Å²) in [6.45, 7) is -0.558. The van der Waals surface area contributed by atoms with E-state index in [1.54, 1.807) is 6.20 Å². The van der Waals surface area contributed by atoms with Crippen LogP contribution in [-0.2, 0) is 16.0 Å². The lowest BCUT2D eigenvalue weighted by atomic mass is 10.1. The van der Waals surface area contributed by atoms with Crippen LogP contribution in [-0.4, -0.2) is 22.9 Å². The molecule has 4 nitrogen and oxygen atoms in total. The van der Waals surface area contributed by atoms with Crippen molar-refractivity contribution in [2.45, 2.75) is 18.8 Å². The summed E-state index contributed by atoms with van der Waals surface area (Å²) < 4.78 is 4.56. The number of nitrogens with zero attached hydrogens (tertiary/aromatic N) is 1. The average Bonchev–Trinajstić information content (AvgIpc) is 2.61. The Morgan fingerprint density at radius 3 is 3.36 bits per heavy atom. The molecule has 74 valence electrons. The average molecular weight is 193 g/mol. The van der Waals surface area contributed by atoms with Gasteiger partial charge in [-0.25, -0.2) is 0 Å². The fourth-order valence-corrected chi connectivity index (χ4v) is 1.81. The number of carbonyl (C=O) groups is 1. The normalized spacial score (nSPS) is 19.1. The first-order valence-corrected chi connectivity index (χ1v) is 4.54. The Labute approximate surface area is 81.5 Å². The third kappa shape index (κ3) is 1.48. The molecule has 0 saturated carbocycles. The minimum atomic E-state index is -0.558. The van der Waals surface area contributed by atoms with E-state index in [0.29, 0.717) is 0 Å². The van der Waals surface area contributed by atoms with Gasteiger partial charge in [0.2, 0.25) is 0 Å². The molecule has 0 radical (unpaired) electrons. The molecule has 1 atom stereocenters. The lowest BCUT2D eigenvalue weighted by molar-refractivity contribution is -0.153. The second kappa shape index (κ2) is 3.75. The van der Waals surface area contributed by atoms with Crippen LogP contribution in [0.15, 0.2) is 18.3 Å². The van der Waals surface area contributed by atoms with Gasteiger partial charge in [0, 0.05) is 6.20 Å². The van der Waals surface area contributed by atoms with Gasteiger partial charge >= 0.3 is 5.97 Å². The Morgan fingerprint density at radius 1 is 1.71 bits per heavy atom. The summed E-state index contributed by atoms with van der Waals surface area (Å²) in [7, 11) is 0. The summed E-state index contributed by atoms with van der Waals surface area (Å²) in [6, 6.07) is 3.83. The summed E-state index contributed by atoms with van der Waals surface area (Å²) in [6.07, 6.45) is 3.25. The van der Waals surface area contributed by atoms with Gasteiger partial charge in [0.1, 0.15) is 0 Å². The molecule has 0 aliphatic heterocycles. The van der Waals surface area contributed by atoms with Crippen molar-refractivity contribution >= 4 is 5.97 Å². The zero-order valence-electron chi connectivity index (χ0n) is 7.64. The standard InChI is InChI=1S/C10H11NO3/c12-6-14-10(13)8-4-3-7-2-1-5-11-9(7)8/h1-2,5,8,12H,3-4,6H2. The third-order valence-corrected chi connectivity index (χ3v) is 2.45. The molecule has 0 spiro atoms. The van der Waals surface area contributed by atoms with Crippen molar-refractivity contribution in [3.05, 3.63) is 29.6 Å². The van der Waals surface area contributed by atoms with Crippen molar-refractivity contribution in [3.63, 3.8) is 0 Å². The maximum atomic E-state index is 11.4. The zero-order chi connectivity index (χ0) is 9.97. The van der Waals surface area contributed by atoms with Crippen molar-refractivity contribution in [1.29, 1.82) is 0 Å². The maximum Gasteiger partial charge on any atom is 0.317 e. The number of ether oxygens (including phenoxy) is 1. The number of rotatable bonds is 2. The number of esters is 1. The van der Waals surface area contributed by atoms with Crippen LogP contribution < -0.4 is 0 Å². The Kier molecular flexibility index (Phi) is 2.45. The first kappa shape index (κ1) is 9.15. The molecule has 1 aliphatic rings. The van der Waals surface area contributed by atoms with Crippen LogP contribution in [0.1, 0.15) is 23.6 Å². The number of hydrogen-bond acceptors (Lipinski definition) is 4. The first-order valence-electron chi connectivity index (χ1n) is 4.54. The van der Waals surface area contributed by atoms with E-state index >= 15 is 0 Å². The van der Waals surface area contributed by atoms with Gasteiger partial charge in [-0.3, -0.25) is 9.78 Å². The number of aliphatic hydroxyl groups is 1. The number of aryl methyl sites for hydroxylation is 1. The molecule has 1 aromatic heterocycles. The molecule has 0 fully saturated rings. The Balaban J connectivity index is 2.21. The van der Waals surface area contributed by atoms with Crippen molar-refractivity contribution in [3.8, 4) is 0 Å². The van der Waals surface area contributed by atoms with Gasteiger partial charge in [0.25, 0.3) is 0 Å². The number of aromatic nitrogens is 1. The highest BCUT2D eigenvalue weighted by atomic mass is 16.6. The molecule has 4 heteroatoms. The van der Waals surface area contributed by atoms with Crippen molar-refractivity contribution in [2.24, 2.45) is 0 Å². The van der Waals surface area contributed by atoms with Gasteiger partial charge in [-0.15, -0.1) is 0 Å². The number of hydrogen-bond donors (Lipinski definition) is 1. The molecule has 1 aromatic rings. The van der Waals surface area contributed by atoms with E-state index in [-0.39, 0.29) is 11.9 Å².